The fourth-order valence-electron chi connectivity index (χ4n) is 2.32. The number of carbonyl (C=O) groups excluding carboxylic acids is 1. The van der Waals surface area contributed by atoms with Crippen molar-refractivity contribution in [3.8, 4) is 0 Å². The van der Waals surface area contributed by atoms with Crippen molar-refractivity contribution in [3.63, 3.8) is 0 Å². The predicted octanol–water partition coefficient (Wildman–Crippen LogP) is 2.27. The molecular weight excluding hydrogens is 240 g/mol. The molecule has 0 aromatic heterocycles. The maximum absolute atomic E-state index is 12.1. The van der Waals surface area contributed by atoms with Crippen LogP contribution in [0.25, 0.3) is 0 Å². The van der Waals surface area contributed by atoms with Crippen LogP contribution in [0, 0.1) is 5.92 Å². The molecule has 1 amide bonds. The molecule has 4 nitrogen and oxygen atoms in total. The van der Waals surface area contributed by atoms with Crippen molar-refractivity contribution >= 4 is 11.6 Å². The molecule has 2 N–H and O–H groups in total. The molecule has 4 heteroatoms. The highest BCUT2D eigenvalue weighted by atomic mass is 16.5. The van der Waals surface area contributed by atoms with Gasteiger partial charge in [0.1, 0.15) is 0 Å². The number of carbonyl (C=O) groups is 1. The number of hydrogen-bond acceptors (Lipinski definition) is 3. The molecule has 1 saturated heterocycles. The van der Waals surface area contributed by atoms with E-state index in [-0.39, 0.29) is 5.91 Å². The second-order valence-corrected chi connectivity index (χ2v) is 4.85. The van der Waals surface area contributed by atoms with Gasteiger partial charge in [-0.15, -0.1) is 0 Å². The number of anilines is 1. The summed E-state index contributed by atoms with van der Waals surface area (Å²) in [6, 6.07) is 7.61. The van der Waals surface area contributed by atoms with Crippen molar-refractivity contribution < 1.29 is 9.53 Å². The van der Waals surface area contributed by atoms with Gasteiger partial charge in [-0.25, -0.2) is 0 Å². The van der Waals surface area contributed by atoms with Gasteiger partial charge in [-0.05, 0) is 37.8 Å². The van der Waals surface area contributed by atoms with E-state index < -0.39 is 0 Å². The van der Waals surface area contributed by atoms with E-state index in [0.29, 0.717) is 18.0 Å². The van der Waals surface area contributed by atoms with Gasteiger partial charge in [-0.1, -0.05) is 12.1 Å². The summed E-state index contributed by atoms with van der Waals surface area (Å²) in [7, 11) is 0. The van der Waals surface area contributed by atoms with Gasteiger partial charge in [-0.2, -0.15) is 0 Å². The van der Waals surface area contributed by atoms with E-state index in [2.05, 4.69) is 10.6 Å². The predicted molar refractivity (Wildman–Crippen MR) is 76.5 cm³/mol. The molecule has 104 valence electrons. The van der Waals surface area contributed by atoms with Crippen LogP contribution in [0.2, 0.25) is 0 Å². The van der Waals surface area contributed by atoms with E-state index in [1.807, 2.05) is 31.2 Å². The zero-order valence-electron chi connectivity index (χ0n) is 11.4. The van der Waals surface area contributed by atoms with E-state index in [0.717, 1.165) is 38.3 Å². The molecule has 1 aromatic carbocycles. The third-order valence-electron chi connectivity index (χ3n) is 3.40. The second-order valence-electron chi connectivity index (χ2n) is 4.85. The molecule has 2 rings (SSSR count). The molecule has 1 heterocycles. The summed E-state index contributed by atoms with van der Waals surface area (Å²) in [5.41, 5.74) is 1.61. The van der Waals surface area contributed by atoms with Crippen molar-refractivity contribution in [1.82, 2.24) is 5.32 Å². The minimum absolute atomic E-state index is 0.00420. The molecule has 1 unspecified atom stereocenters. The molecular formula is C15H22N2O2. The molecule has 1 atom stereocenters. The normalized spacial score (nSPS) is 18.3. The van der Waals surface area contributed by atoms with Gasteiger partial charge in [0.25, 0.3) is 5.91 Å². The summed E-state index contributed by atoms with van der Waals surface area (Å²) in [6.45, 7) is 5.25. The Kier molecular flexibility index (Phi) is 5.21. The highest BCUT2D eigenvalue weighted by molar-refractivity contribution is 5.99. The van der Waals surface area contributed by atoms with Gasteiger partial charge in [-0.3, -0.25) is 4.79 Å². The third-order valence-corrected chi connectivity index (χ3v) is 3.40. The molecule has 0 radical (unpaired) electrons. The number of nitrogens with one attached hydrogen (secondary N) is 2. The van der Waals surface area contributed by atoms with Gasteiger partial charge in [0.2, 0.25) is 0 Å². The molecule has 1 fully saturated rings. The third kappa shape index (κ3) is 3.96. The van der Waals surface area contributed by atoms with Crippen LogP contribution < -0.4 is 10.6 Å². The van der Waals surface area contributed by atoms with Crippen molar-refractivity contribution in [2.24, 2.45) is 5.92 Å². The maximum atomic E-state index is 12.1. The van der Waals surface area contributed by atoms with Crippen LogP contribution in [0.3, 0.4) is 0 Å². The molecule has 19 heavy (non-hydrogen) atoms. The van der Waals surface area contributed by atoms with Crippen LogP contribution in [0.15, 0.2) is 24.3 Å². The molecule has 0 spiro atoms. The van der Waals surface area contributed by atoms with Crippen molar-refractivity contribution in [1.29, 1.82) is 0 Å². The Morgan fingerprint density at radius 3 is 3.00 bits per heavy atom. The number of hydrogen-bond donors (Lipinski definition) is 2. The first kappa shape index (κ1) is 13.9. The largest absolute Gasteiger partial charge is 0.385 e. The van der Waals surface area contributed by atoms with Gasteiger partial charge in [0.05, 0.1) is 5.56 Å². The first-order chi connectivity index (χ1) is 9.31. The number of amides is 1. The summed E-state index contributed by atoms with van der Waals surface area (Å²) in [4.78, 5) is 12.1. The average molecular weight is 262 g/mol. The highest BCUT2D eigenvalue weighted by Gasteiger charge is 2.16. The highest BCUT2D eigenvalue weighted by Crippen LogP contribution is 2.16. The monoisotopic (exact) mass is 262 g/mol. The fraction of sp³-hybridized carbons (Fsp3) is 0.533. The standard InChI is InChI=1S/C15H22N2O2/c1-2-16-14-6-4-3-5-13(14)15(18)17-9-7-12-8-10-19-11-12/h3-6,12,16H,2,7-11H2,1H3,(H,17,18). The van der Waals surface area contributed by atoms with Gasteiger partial charge < -0.3 is 15.4 Å². The van der Waals surface area contributed by atoms with E-state index in [9.17, 15) is 4.79 Å². The second kappa shape index (κ2) is 7.14. The Bertz CT molecular complexity index is 414. The summed E-state index contributed by atoms with van der Waals surface area (Å²) in [5, 5.41) is 6.20. The summed E-state index contributed by atoms with van der Waals surface area (Å²) in [6.07, 6.45) is 2.11. The van der Waals surface area contributed by atoms with Gasteiger partial charge in [0.15, 0.2) is 0 Å². The van der Waals surface area contributed by atoms with E-state index in [4.69, 9.17) is 4.74 Å². The average Bonchev–Trinajstić information content (AvgIpc) is 2.93. The lowest BCUT2D eigenvalue weighted by Crippen LogP contribution is -2.26. The van der Waals surface area contributed by atoms with Gasteiger partial charge in [0, 0.05) is 32.0 Å². The van der Waals surface area contributed by atoms with Gasteiger partial charge >= 0.3 is 0 Å². The minimum Gasteiger partial charge on any atom is -0.385 e. The molecule has 1 aliphatic rings. The number of ether oxygens (including phenoxy) is 1. The summed E-state index contributed by atoms with van der Waals surface area (Å²) < 4.78 is 5.33. The molecule has 0 saturated carbocycles. The van der Waals surface area contributed by atoms with Crippen LogP contribution in [0.5, 0.6) is 0 Å². The van der Waals surface area contributed by atoms with Crippen molar-refractivity contribution in [3.05, 3.63) is 29.8 Å². The topological polar surface area (TPSA) is 50.4 Å². The van der Waals surface area contributed by atoms with Crippen LogP contribution in [-0.2, 0) is 4.74 Å². The SMILES string of the molecule is CCNc1ccccc1C(=O)NCCC1CCOC1. The van der Waals surface area contributed by atoms with Crippen LogP contribution >= 0.6 is 0 Å². The summed E-state index contributed by atoms with van der Waals surface area (Å²) in [5.74, 6) is 0.597. The first-order valence-electron chi connectivity index (χ1n) is 7.00. The molecule has 0 bridgehead atoms. The van der Waals surface area contributed by atoms with Crippen molar-refractivity contribution in [2.75, 3.05) is 31.6 Å². The molecule has 0 aliphatic carbocycles. The Morgan fingerprint density at radius 1 is 1.42 bits per heavy atom. The lowest BCUT2D eigenvalue weighted by atomic mass is 10.1. The Morgan fingerprint density at radius 2 is 2.26 bits per heavy atom. The summed E-state index contributed by atoms with van der Waals surface area (Å²) >= 11 is 0. The van der Waals surface area contributed by atoms with E-state index in [1.54, 1.807) is 0 Å². The van der Waals surface area contributed by atoms with Crippen molar-refractivity contribution in [2.45, 2.75) is 19.8 Å². The first-order valence-corrected chi connectivity index (χ1v) is 7.00. The molecule has 1 aromatic rings. The zero-order valence-corrected chi connectivity index (χ0v) is 11.4. The Labute approximate surface area is 114 Å². The fourth-order valence-corrected chi connectivity index (χ4v) is 2.32. The molecule has 1 aliphatic heterocycles. The lowest BCUT2D eigenvalue weighted by Gasteiger charge is -2.12. The number of rotatable bonds is 6. The Balaban J connectivity index is 1.84. The minimum atomic E-state index is -0.00420. The Hall–Kier alpha value is -1.55. The lowest BCUT2D eigenvalue weighted by molar-refractivity contribution is 0.0951. The number of benzene rings is 1. The van der Waals surface area contributed by atoms with Crippen LogP contribution in [0.4, 0.5) is 5.69 Å². The van der Waals surface area contributed by atoms with Crippen LogP contribution in [-0.4, -0.2) is 32.2 Å². The quantitative estimate of drug-likeness (QED) is 0.827. The smallest absolute Gasteiger partial charge is 0.253 e. The van der Waals surface area contributed by atoms with E-state index >= 15 is 0 Å². The maximum Gasteiger partial charge on any atom is 0.253 e. The number of para-hydroxylation sites is 1. The zero-order chi connectivity index (χ0) is 13.5. The van der Waals surface area contributed by atoms with E-state index in [1.165, 1.54) is 0 Å². The van der Waals surface area contributed by atoms with Crippen LogP contribution in [0.1, 0.15) is 30.1 Å².